The monoisotopic (exact) mass is 430 g/mol. The molecule has 0 aliphatic heterocycles. The molecule has 0 heterocycles. The normalized spacial score (nSPS) is 11.1. The van der Waals surface area contributed by atoms with Crippen LogP contribution in [-0.2, 0) is 9.84 Å². The molecule has 0 aliphatic carbocycles. The van der Waals surface area contributed by atoms with Crippen LogP contribution in [0.2, 0.25) is 5.02 Å². The lowest BCUT2D eigenvalue weighted by molar-refractivity contribution is -0.387. The number of hydrogen-bond donors (Lipinski definition) is 1. The number of sulfone groups is 1. The summed E-state index contributed by atoms with van der Waals surface area (Å²) in [5, 5.41) is 14.6. The van der Waals surface area contributed by atoms with E-state index in [9.17, 15) is 23.3 Å². The average Bonchev–Trinajstić information content (AvgIpc) is 2.69. The van der Waals surface area contributed by atoms with Crippen LogP contribution in [0.25, 0.3) is 0 Å². The van der Waals surface area contributed by atoms with E-state index in [1.54, 1.807) is 43.3 Å². The fourth-order valence-corrected chi connectivity index (χ4v) is 4.14. The number of nitro benzene ring substituents is 1. The summed E-state index contributed by atoms with van der Waals surface area (Å²) in [7, 11) is -4.13. The number of nitrogens with zero attached hydrogens (tertiary/aromatic N) is 1. The molecule has 0 spiro atoms. The van der Waals surface area contributed by atoms with Crippen molar-refractivity contribution < 1.29 is 18.1 Å². The summed E-state index contributed by atoms with van der Waals surface area (Å²) in [5.41, 5.74) is 0.579. The van der Waals surface area contributed by atoms with Crippen molar-refractivity contribution in [2.24, 2.45) is 0 Å². The first kappa shape index (κ1) is 20.5. The third-order valence-corrected chi connectivity index (χ3v) is 6.21. The quantitative estimate of drug-likeness (QED) is 0.468. The number of amides is 1. The maximum Gasteiger partial charge on any atom is 0.289 e. The maximum absolute atomic E-state index is 12.9. The van der Waals surface area contributed by atoms with Crippen LogP contribution in [0.4, 0.5) is 11.4 Å². The fraction of sp³-hybridized carbons (Fsp3) is 0.0500. The highest BCUT2D eigenvalue weighted by molar-refractivity contribution is 7.91. The zero-order valence-corrected chi connectivity index (χ0v) is 16.7. The van der Waals surface area contributed by atoms with Gasteiger partial charge in [0.2, 0.25) is 9.84 Å². The molecule has 148 valence electrons. The second-order valence-corrected chi connectivity index (χ2v) is 8.57. The van der Waals surface area contributed by atoms with Gasteiger partial charge in [0.15, 0.2) is 0 Å². The van der Waals surface area contributed by atoms with E-state index in [0.717, 1.165) is 17.7 Å². The van der Waals surface area contributed by atoms with Gasteiger partial charge in [-0.2, -0.15) is 0 Å². The maximum atomic E-state index is 12.9. The Bertz CT molecular complexity index is 1190. The first-order valence-electron chi connectivity index (χ1n) is 8.35. The van der Waals surface area contributed by atoms with Gasteiger partial charge in [-0.3, -0.25) is 14.9 Å². The Labute approximate surface area is 172 Å². The SMILES string of the molecule is Cc1ccc(S(=O)(=O)c2ccc(C(=O)Nc3ccc(Cl)cc3)cc2[N+](=O)[O-])cc1. The van der Waals surface area contributed by atoms with E-state index < -0.39 is 31.3 Å². The van der Waals surface area contributed by atoms with Gasteiger partial charge in [-0.05, 0) is 55.5 Å². The second-order valence-electron chi connectivity index (χ2n) is 6.22. The van der Waals surface area contributed by atoms with Crippen LogP contribution in [0.5, 0.6) is 0 Å². The number of carbonyl (C=O) groups is 1. The first-order chi connectivity index (χ1) is 13.7. The van der Waals surface area contributed by atoms with Crippen LogP contribution >= 0.6 is 11.6 Å². The van der Waals surface area contributed by atoms with Crippen molar-refractivity contribution in [3.63, 3.8) is 0 Å². The van der Waals surface area contributed by atoms with Crippen LogP contribution in [0.3, 0.4) is 0 Å². The summed E-state index contributed by atoms with van der Waals surface area (Å²) in [6, 6.07) is 15.5. The minimum Gasteiger partial charge on any atom is -0.322 e. The number of carbonyl (C=O) groups excluding carboxylic acids is 1. The van der Waals surface area contributed by atoms with Gasteiger partial charge in [0.25, 0.3) is 11.6 Å². The van der Waals surface area contributed by atoms with Gasteiger partial charge in [0, 0.05) is 22.3 Å². The number of anilines is 1. The van der Waals surface area contributed by atoms with Crippen molar-refractivity contribution in [2.45, 2.75) is 16.7 Å². The van der Waals surface area contributed by atoms with Crippen molar-refractivity contribution in [3.05, 3.63) is 93.0 Å². The Morgan fingerprint density at radius 1 is 1.00 bits per heavy atom. The van der Waals surface area contributed by atoms with Crippen LogP contribution in [0, 0.1) is 17.0 Å². The molecule has 3 rings (SSSR count). The highest BCUT2D eigenvalue weighted by Gasteiger charge is 2.28. The van der Waals surface area contributed by atoms with E-state index in [0.29, 0.717) is 10.7 Å². The average molecular weight is 431 g/mol. The van der Waals surface area contributed by atoms with Crippen molar-refractivity contribution in [1.82, 2.24) is 0 Å². The molecule has 9 heteroatoms. The highest BCUT2D eigenvalue weighted by atomic mass is 35.5. The van der Waals surface area contributed by atoms with Gasteiger partial charge in [-0.15, -0.1) is 0 Å². The number of hydrogen-bond acceptors (Lipinski definition) is 5. The molecule has 3 aromatic rings. The van der Waals surface area contributed by atoms with E-state index in [-0.39, 0.29) is 10.5 Å². The third-order valence-electron chi connectivity index (χ3n) is 4.14. The number of benzene rings is 3. The lowest BCUT2D eigenvalue weighted by Gasteiger charge is -2.09. The molecule has 1 N–H and O–H groups in total. The Balaban J connectivity index is 1.99. The molecular weight excluding hydrogens is 416 g/mol. The number of nitro groups is 1. The molecule has 0 unspecified atom stereocenters. The van der Waals surface area contributed by atoms with E-state index >= 15 is 0 Å². The molecule has 0 bridgehead atoms. The highest BCUT2D eigenvalue weighted by Crippen LogP contribution is 2.30. The summed E-state index contributed by atoms with van der Waals surface area (Å²) in [5.74, 6) is -0.616. The first-order valence-corrected chi connectivity index (χ1v) is 10.2. The largest absolute Gasteiger partial charge is 0.322 e. The smallest absolute Gasteiger partial charge is 0.289 e. The summed E-state index contributed by atoms with van der Waals surface area (Å²) in [6.07, 6.45) is 0. The van der Waals surface area contributed by atoms with E-state index in [1.165, 1.54) is 18.2 Å². The third kappa shape index (κ3) is 4.44. The number of nitrogens with one attached hydrogen (secondary N) is 1. The molecule has 0 aromatic heterocycles. The number of rotatable bonds is 5. The van der Waals surface area contributed by atoms with Crippen LogP contribution < -0.4 is 5.32 Å². The molecule has 7 nitrogen and oxygen atoms in total. The van der Waals surface area contributed by atoms with Gasteiger partial charge in [0.05, 0.1) is 9.82 Å². The summed E-state index contributed by atoms with van der Waals surface area (Å²) in [4.78, 5) is 22.6. The molecule has 0 aliphatic rings. The van der Waals surface area contributed by atoms with Crippen molar-refractivity contribution in [3.8, 4) is 0 Å². The topological polar surface area (TPSA) is 106 Å². The van der Waals surface area contributed by atoms with Crippen LogP contribution in [0.15, 0.2) is 76.5 Å². The molecule has 1 amide bonds. The number of aryl methyl sites for hydroxylation is 1. The minimum atomic E-state index is -4.13. The lowest BCUT2D eigenvalue weighted by atomic mass is 10.2. The second kappa shape index (κ2) is 8.02. The molecule has 0 saturated heterocycles. The predicted molar refractivity (Wildman–Crippen MR) is 109 cm³/mol. The summed E-state index contributed by atoms with van der Waals surface area (Å²) >= 11 is 5.80. The van der Waals surface area contributed by atoms with Crippen LogP contribution in [0.1, 0.15) is 15.9 Å². The van der Waals surface area contributed by atoms with Crippen molar-refractivity contribution in [2.75, 3.05) is 5.32 Å². The Morgan fingerprint density at radius 3 is 2.21 bits per heavy atom. The molecule has 29 heavy (non-hydrogen) atoms. The molecular formula is C20H15ClN2O5S. The zero-order chi connectivity index (χ0) is 21.2. The van der Waals surface area contributed by atoms with Gasteiger partial charge < -0.3 is 5.32 Å². The molecule has 3 aromatic carbocycles. The Morgan fingerprint density at radius 2 is 1.62 bits per heavy atom. The lowest BCUT2D eigenvalue weighted by Crippen LogP contribution is -2.13. The van der Waals surface area contributed by atoms with Gasteiger partial charge in [0.1, 0.15) is 4.90 Å². The zero-order valence-electron chi connectivity index (χ0n) is 15.1. The van der Waals surface area contributed by atoms with Gasteiger partial charge in [-0.25, -0.2) is 8.42 Å². The van der Waals surface area contributed by atoms with Crippen molar-refractivity contribution in [1.29, 1.82) is 0 Å². The molecule has 0 radical (unpaired) electrons. The van der Waals surface area contributed by atoms with Gasteiger partial charge >= 0.3 is 0 Å². The predicted octanol–water partition coefficient (Wildman–Crippen LogP) is 4.64. The van der Waals surface area contributed by atoms with Gasteiger partial charge in [-0.1, -0.05) is 29.3 Å². The molecule has 0 fully saturated rings. The van der Waals surface area contributed by atoms with E-state index in [1.807, 2.05) is 0 Å². The van der Waals surface area contributed by atoms with Crippen molar-refractivity contribution >= 4 is 38.7 Å². The standard InChI is InChI=1S/C20H15ClN2O5S/c1-13-2-9-17(10-3-13)29(27,28)19-11-4-14(12-18(19)23(25)26)20(24)22-16-7-5-15(21)6-8-16/h2-12H,1H3,(H,22,24). The minimum absolute atomic E-state index is 0.0468. The summed E-state index contributed by atoms with van der Waals surface area (Å²) in [6.45, 7) is 1.80. The Hall–Kier alpha value is -3.23. The molecule has 0 atom stereocenters. The Kier molecular flexibility index (Phi) is 5.67. The van der Waals surface area contributed by atoms with E-state index in [4.69, 9.17) is 11.6 Å². The number of halogens is 1. The van der Waals surface area contributed by atoms with E-state index in [2.05, 4.69) is 5.32 Å². The molecule has 0 saturated carbocycles. The fourth-order valence-electron chi connectivity index (χ4n) is 2.61. The van der Waals surface area contributed by atoms with Crippen LogP contribution in [-0.4, -0.2) is 19.2 Å². The summed E-state index contributed by atoms with van der Waals surface area (Å²) < 4.78 is 25.7.